The van der Waals surface area contributed by atoms with Gasteiger partial charge >= 0.3 is 0 Å². The molecule has 3 rings (SSSR count). The van der Waals surface area contributed by atoms with Crippen LogP contribution in [0.2, 0.25) is 0 Å². The number of nitrogens with one attached hydrogen (secondary N) is 3. The van der Waals surface area contributed by atoms with Gasteiger partial charge in [-0.15, -0.1) is 0 Å². The Morgan fingerprint density at radius 1 is 0.977 bits per heavy atom. The lowest BCUT2D eigenvalue weighted by Crippen LogP contribution is -2.56. The van der Waals surface area contributed by atoms with Gasteiger partial charge in [-0.05, 0) is 72.8 Å². The summed E-state index contributed by atoms with van der Waals surface area (Å²) in [5.41, 5.74) is 2.07. The highest BCUT2D eigenvalue weighted by Crippen LogP contribution is 2.31. The predicted molar refractivity (Wildman–Crippen MR) is 170 cm³/mol. The van der Waals surface area contributed by atoms with Crippen LogP contribution >= 0.6 is 0 Å². The summed E-state index contributed by atoms with van der Waals surface area (Å²) in [6.45, 7) is 11.0. The average Bonchev–Trinajstić information content (AvgIpc) is 3.00. The normalized spacial score (nSPS) is 24.4. The molecule has 8 heteroatoms. The number of para-hydroxylation sites is 1. The third-order valence-electron chi connectivity index (χ3n) is 8.50. The molecule has 0 radical (unpaired) electrons. The van der Waals surface area contributed by atoms with Crippen LogP contribution in [0.5, 0.6) is 11.5 Å². The SMILES string of the molecule is CCC[C@@H]1NC(=O)[C@@H](C(C)C)NC(=O)[C@@H](Cc2cccc(OC)c2)C(CC)[C@@H](C)COc2ccccc2CCCNC1=O. The number of methoxy groups -OCH3 is 1. The summed E-state index contributed by atoms with van der Waals surface area (Å²) in [6.07, 6.45) is 4.02. The van der Waals surface area contributed by atoms with Crippen LogP contribution in [0, 0.1) is 23.7 Å². The van der Waals surface area contributed by atoms with Gasteiger partial charge in [-0.25, -0.2) is 0 Å². The van der Waals surface area contributed by atoms with Crippen molar-refractivity contribution in [2.45, 2.75) is 85.2 Å². The molecule has 236 valence electrons. The Morgan fingerprint density at radius 3 is 2.44 bits per heavy atom. The number of carbonyl (C=O) groups excluding carboxylic acids is 3. The Morgan fingerprint density at radius 2 is 1.74 bits per heavy atom. The van der Waals surface area contributed by atoms with E-state index in [-0.39, 0.29) is 35.5 Å². The van der Waals surface area contributed by atoms with Crippen molar-refractivity contribution in [2.24, 2.45) is 23.7 Å². The molecule has 1 aliphatic rings. The van der Waals surface area contributed by atoms with Gasteiger partial charge in [-0.1, -0.05) is 77.8 Å². The van der Waals surface area contributed by atoms with Crippen molar-refractivity contribution < 1.29 is 23.9 Å². The molecule has 0 fully saturated rings. The number of carbonyl (C=O) groups is 3. The minimum absolute atomic E-state index is 0.00765. The first-order valence-corrected chi connectivity index (χ1v) is 15.9. The molecule has 1 aliphatic heterocycles. The summed E-state index contributed by atoms with van der Waals surface area (Å²) in [7, 11) is 1.63. The smallest absolute Gasteiger partial charge is 0.243 e. The second-order valence-electron chi connectivity index (χ2n) is 12.1. The molecule has 43 heavy (non-hydrogen) atoms. The van der Waals surface area contributed by atoms with E-state index in [1.54, 1.807) is 7.11 Å². The zero-order valence-corrected chi connectivity index (χ0v) is 26.8. The zero-order valence-electron chi connectivity index (χ0n) is 26.8. The topological polar surface area (TPSA) is 106 Å². The quantitative estimate of drug-likeness (QED) is 0.415. The van der Waals surface area contributed by atoms with E-state index in [2.05, 4.69) is 35.9 Å². The molecule has 0 aromatic heterocycles. The fourth-order valence-electron chi connectivity index (χ4n) is 6.00. The Balaban J connectivity index is 2.00. The van der Waals surface area contributed by atoms with Gasteiger partial charge < -0.3 is 25.4 Å². The Bertz CT molecular complexity index is 1200. The molecule has 1 unspecified atom stereocenters. The minimum atomic E-state index is -0.776. The summed E-state index contributed by atoms with van der Waals surface area (Å²) in [5, 5.41) is 9.04. The van der Waals surface area contributed by atoms with Crippen LogP contribution in [0.15, 0.2) is 48.5 Å². The number of benzene rings is 2. The van der Waals surface area contributed by atoms with Crippen LogP contribution in [0.3, 0.4) is 0 Å². The first kappa shape index (κ1) is 33.9. The van der Waals surface area contributed by atoms with E-state index in [0.29, 0.717) is 26.0 Å². The van der Waals surface area contributed by atoms with E-state index in [0.717, 1.165) is 48.3 Å². The molecular weight excluding hydrogens is 542 g/mol. The number of rotatable bonds is 7. The maximum Gasteiger partial charge on any atom is 0.243 e. The van der Waals surface area contributed by atoms with Crippen molar-refractivity contribution in [3.05, 3.63) is 59.7 Å². The molecular formula is C35H51N3O5. The van der Waals surface area contributed by atoms with Crippen molar-refractivity contribution in [1.82, 2.24) is 16.0 Å². The molecule has 3 amide bonds. The molecule has 0 aliphatic carbocycles. The molecule has 8 nitrogen and oxygen atoms in total. The third kappa shape index (κ3) is 9.73. The molecule has 0 spiro atoms. The Hall–Kier alpha value is -3.55. The summed E-state index contributed by atoms with van der Waals surface area (Å²) in [5.74, 6) is 0.337. The van der Waals surface area contributed by atoms with Gasteiger partial charge in [0.25, 0.3) is 0 Å². The van der Waals surface area contributed by atoms with Gasteiger partial charge in [0.15, 0.2) is 0 Å². The standard InChI is InChI=1S/C35H51N3O5/c1-7-13-30-34(40)36-19-12-16-26-15-9-10-18-31(26)43-22-24(5)28(8-2)29(21-25-14-11-17-27(20-25)42-6)33(39)38-32(23(3)4)35(41)37-30/h9-11,14-15,17-18,20,23-24,28-30,32H,7-8,12-13,16,19,21-22H2,1-6H3,(H,36,40)(H,37,41)(H,38,39)/t24-,28?,29-,30-,32+/m0/s1. The van der Waals surface area contributed by atoms with Crippen LogP contribution in [-0.4, -0.2) is 50.1 Å². The number of hydrogen-bond donors (Lipinski definition) is 3. The maximum atomic E-state index is 14.2. The Labute approximate surface area is 257 Å². The van der Waals surface area contributed by atoms with Gasteiger partial charge in [-0.3, -0.25) is 14.4 Å². The zero-order chi connectivity index (χ0) is 31.4. The monoisotopic (exact) mass is 593 g/mol. The summed E-state index contributed by atoms with van der Waals surface area (Å²) >= 11 is 0. The third-order valence-corrected chi connectivity index (χ3v) is 8.50. The Kier molecular flexibility index (Phi) is 13.4. The fraction of sp³-hybridized carbons (Fsp3) is 0.571. The number of hydrogen-bond acceptors (Lipinski definition) is 5. The first-order chi connectivity index (χ1) is 20.7. The average molecular weight is 594 g/mol. The van der Waals surface area contributed by atoms with Gasteiger partial charge in [0.2, 0.25) is 17.7 Å². The van der Waals surface area contributed by atoms with Crippen LogP contribution in [0.1, 0.15) is 71.4 Å². The van der Waals surface area contributed by atoms with E-state index >= 15 is 0 Å². The highest BCUT2D eigenvalue weighted by atomic mass is 16.5. The van der Waals surface area contributed by atoms with Crippen LogP contribution in [0.25, 0.3) is 0 Å². The predicted octanol–water partition coefficient (Wildman–Crippen LogP) is 5.08. The lowest BCUT2D eigenvalue weighted by molar-refractivity contribution is -0.135. The largest absolute Gasteiger partial charge is 0.497 e. The second-order valence-corrected chi connectivity index (χ2v) is 12.1. The van der Waals surface area contributed by atoms with Gasteiger partial charge in [0.05, 0.1) is 13.7 Å². The molecule has 3 N–H and O–H groups in total. The number of amides is 3. The van der Waals surface area contributed by atoms with Crippen molar-refractivity contribution in [1.29, 1.82) is 0 Å². The molecule has 2 aromatic rings. The molecule has 0 saturated carbocycles. The molecule has 1 heterocycles. The summed E-state index contributed by atoms with van der Waals surface area (Å²) in [4.78, 5) is 40.9. The molecule has 0 saturated heterocycles. The highest BCUT2D eigenvalue weighted by molar-refractivity contribution is 5.92. The lowest BCUT2D eigenvalue weighted by atomic mass is 9.77. The summed E-state index contributed by atoms with van der Waals surface area (Å²) in [6, 6.07) is 14.4. The number of aryl methyl sites for hydroxylation is 1. The first-order valence-electron chi connectivity index (χ1n) is 15.9. The van der Waals surface area contributed by atoms with Crippen molar-refractivity contribution >= 4 is 17.7 Å². The van der Waals surface area contributed by atoms with Crippen molar-refractivity contribution in [3.8, 4) is 11.5 Å². The minimum Gasteiger partial charge on any atom is -0.497 e. The van der Waals surface area contributed by atoms with E-state index in [1.165, 1.54) is 0 Å². The number of ether oxygens (including phenoxy) is 2. The van der Waals surface area contributed by atoms with E-state index in [4.69, 9.17) is 9.47 Å². The second kappa shape index (κ2) is 16.9. The van der Waals surface area contributed by atoms with Crippen LogP contribution in [0.4, 0.5) is 0 Å². The van der Waals surface area contributed by atoms with Crippen molar-refractivity contribution in [2.75, 3.05) is 20.3 Å². The van der Waals surface area contributed by atoms with E-state index in [9.17, 15) is 14.4 Å². The van der Waals surface area contributed by atoms with Gasteiger partial charge in [-0.2, -0.15) is 0 Å². The van der Waals surface area contributed by atoms with E-state index in [1.807, 2.05) is 63.2 Å². The lowest BCUT2D eigenvalue weighted by Gasteiger charge is -2.33. The molecule has 2 aromatic carbocycles. The molecule has 0 bridgehead atoms. The highest BCUT2D eigenvalue weighted by Gasteiger charge is 2.35. The van der Waals surface area contributed by atoms with Gasteiger partial charge in [0.1, 0.15) is 23.6 Å². The van der Waals surface area contributed by atoms with E-state index < -0.39 is 18.0 Å². The number of fused-ring (bicyclic) bond motifs is 1. The van der Waals surface area contributed by atoms with Crippen LogP contribution < -0.4 is 25.4 Å². The van der Waals surface area contributed by atoms with Crippen LogP contribution in [-0.2, 0) is 27.2 Å². The van der Waals surface area contributed by atoms with Gasteiger partial charge in [0, 0.05) is 12.5 Å². The summed E-state index contributed by atoms with van der Waals surface area (Å²) < 4.78 is 11.8. The maximum absolute atomic E-state index is 14.2. The fourth-order valence-corrected chi connectivity index (χ4v) is 6.00. The van der Waals surface area contributed by atoms with Crippen molar-refractivity contribution in [3.63, 3.8) is 0 Å². The molecule has 5 atom stereocenters.